The Hall–Kier alpha value is -6.24. The van der Waals surface area contributed by atoms with Crippen LogP contribution in [0.25, 0.3) is 11.0 Å². The summed E-state index contributed by atoms with van der Waals surface area (Å²) in [7, 11) is 3.47. The molecule has 13 heteroatoms. The lowest BCUT2D eigenvalue weighted by molar-refractivity contribution is -0.144. The predicted molar refractivity (Wildman–Crippen MR) is 204 cm³/mol. The highest BCUT2D eigenvalue weighted by molar-refractivity contribution is 6.07. The summed E-state index contributed by atoms with van der Waals surface area (Å²) in [6.45, 7) is 2.97. The molecule has 53 heavy (non-hydrogen) atoms. The molecule has 0 bridgehead atoms. The van der Waals surface area contributed by atoms with E-state index >= 15 is 0 Å². The number of amides is 2. The number of rotatable bonds is 17. The Labute approximate surface area is 308 Å². The van der Waals surface area contributed by atoms with Crippen molar-refractivity contribution in [1.82, 2.24) is 14.5 Å². The van der Waals surface area contributed by atoms with Gasteiger partial charge in [-0.25, -0.2) is 14.8 Å². The number of aryl methyl sites for hydroxylation is 1. The van der Waals surface area contributed by atoms with Crippen molar-refractivity contribution in [2.24, 2.45) is 17.8 Å². The molecule has 0 atom stereocenters. The zero-order valence-corrected chi connectivity index (χ0v) is 30.3. The first-order valence-corrected chi connectivity index (χ1v) is 17.6. The van der Waals surface area contributed by atoms with Crippen LogP contribution in [0, 0.1) is 0 Å². The molecule has 13 nitrogen and oxygen atoms in total. The average molecular weight is 720 g/mol. The Morgan fingerprint density at radius 2 is 1.70 bits per heavy atom. The van der Waals surface area contributed by atoms with Gasteiger partial charge in [-0.15, -0.1) is 0 Å². The van der Waals surface area contributed by atoms with E-state index < -0.39 is 12.1 Å². The minimum absolute atomic E-state index is 0.0365. The van der Waals surface area contributed by atoms with Gasteiger partial charge in [-0.1, -0.05) is 50.5 Å². The number of carbonyl (C=O) groups excluding carboxylic acids is 3. The summed E-state index contributed by atoms with van der Waals surface area (Å²) >= 11 is 0. The number of aliphatic imine (C=N–C) groups is 1. The van der Waals surface area contributed by atoms with Crippen molar-refractivity contribution in [3.05, 3.63) is 114 Å². The Morgan fingerprint density at radius 1 is 0.925 bits per heavy atom. The first-order valence-electron chi connectivity index (χ1n) is 17.6. The van der Waals surface area contributed by atoms with Gasteiger partial charge in [0.2, 0.25) is 0 Å². The quantitative estimate of drug-likeness (QED) is 0.0453. The van der Waals surface area contributed by atoms with Crippen molar-refractivity contribution in [1.29, 1.82) is 0 Å². The van der Waals surface area contributed by atoms with Crippen LogP contribution in [0.2, 0.25) is 0 Å². The molecule has 3 aromatic carbocycles. The molecule has 0 aliphatic heterocycles. The van der Waals surface area contributed by atoms with E-state index in [4.69, 9.17) is 24.9 Å². The summed E-state index contributed by atoms with van der Waals surface area (Å²) in [5.41, 5.74) is 10.1. The monoisotopic (exact) mass is 719 g/mol. The van der Waals surface area contributed by atoms with Gasteiger partial charge in [0, 0.05) is 42.2 Å². The molecule has 0 aliphatic carbocycles. The Balaban J connectivity index is 1.21. The van der Waals surface area contributed by atoms with Gasteiger partial charge < -0.3 is 29.8 Å². The van der Waals surface area contributed by atoms with Gasteiger partial charge in [0.05, 0.1) is 37.7 Å². The number of imidazole rings is 1. The van der Waals surface area contributed by atoms with Crippen LogP contribution in [0.15, 0.2) is 96.1 Å². The molecule has 2 aromatic heterocycles. The fourth-order valence-electron chi connectivity index (χ4n) is 5.61. The topological polar surface area (TPSA) is 163 Å². The maximum Gasteiger partial charge on any atom is 0.435 e. The Kier molecular flexibility index (Phi) is 13.5. The maximum absolute atomic E-state index is 13.9. The van der Waals surface area contributed by atoms with E-state index in [1.165, 1.54) is 4.90 Å². The number of pyridine rings is 1. The molecule has 0 saturated carbocycles. The number of nitrogens with one attached hydrogen (secondary N) is 1. The van der Waals surface area contributed by atoms with E-state index in [2.05, 4.69) is 22.2 Å². The van der Waals surface area contributed by atoms with Crippen LogP contribution in [-0.4, -0.2) is 58.6 Å². The van der Waals surface area contributed by atoms with Crippen LogP contribution < -0.4 is 20.7 Å². The highest BCUT2D eigenvalue weighted by atomic mass is 16.5. The summed E-state index contributed by atoms with van der Waals surface area (Å²) < 4.78 is 18.0. The maximum atomic E-state index is 13.9. The molecule has 3 N–H and O–H groups in total. The fourth-order valence-corrected chi connectivity index (χ4v) is 5.61. The first kappa shape index (κ1) is 38.0. The van der Waals surface area contributed by atoms with Crippen LogP contribution in [0.4, 0.5) is 16.3 Å². The average Bonchev–Trinajstić information content (AvgIpc) is 3.50. The number of hydrogen-bond acceptors (Lipinski definition) is 9. The van der Waals surface area contributed by atoms with Gasteiger partial charge >= 0.3 is 12.1 Å². The van der Waals surface area contributed by atoms with E-state index in [1.54, 1.807) is 61.8 Å². The molecule has 0 fully saturated rings. The van der Waals surface area contributed by atoms with E-state index in [9.17, 15) is 14.4 Å². The minimum Gasteiger partial charge on any atom is -0.496 e. The summed E-state index contributed by atoms with van der Waals surface area (Å²) in [4.78, 5) is 53.2. The summed E-state index contributed by atoms with van der Waals surface area (Å²) in [5, 5.41) is 3.36. The van der Waals surface area contributed by atoms with Gasteiger partial charge in [0.25, 0.3) is 5.91 Å². The van der Waals surface area contributed by atoms with Crippen molar-refractivity contribution in [3.8, 4) is 5.75 Å². The third kappa shape index (κ3) is 10.4. The number of amidine groups is 1. The molecule has 276 valence electrons. The predicted octanol–water partition coefficient (Wildman–Crippen LogP) is 6.79. The van der Waals surface area contributed by atoms with Gasteiger partial charge in [0.15, 0.2) is 0 Å². The standard InChI is InChI=1S/C40H45N7O6/c1-4-5-6-11-24-52-40(50)45-38(41)28-15-18-31(19-16-28)43-26-36-44-32-25-29(17-20-33(32)46(36)2)39(49)47(35-14-9-10-22-42-35)23-21-37(48)53-27-30-12-7-8-13-34(30)51-3/h7-10,12-20,22,25,43H,4-6,11,21,23-24,26-27H2,1-3H3,(H2,41,45,50). The number of nitrogens with zero attached hydrogens (tertiary/aromatic N) is 5. The summed E-state index contributed by atoms with van der Waals surface area (Å²) in [6, 6.07) is 25.1. The van der Waals surface area contributed by atoms with Gasteiger partial charge in [-0.2, -0.15) is 4.99 Å². The zero-order valence-electron chi connectivity index (χ0n) is 30.3. The molecule has 2 heterocycles. The van der Waals surface area contributed by atoms with Crippen LogP contribution in [-0.2, 0) is 34.5 Å². The molecule has 2 amide bonds. The van der Waals surface area contributed by atoms with E-state index in [0.29, 0.717) is 41.4 Å². The number of ether oxygens (including phenoxy) is 3. The molecule has 0 saturated heterocycles. The number of anilines is 2. The van der Waals surface area contributed by atoms with E-state index in [-0.39, 0.29) is 31.3 Å². The van der Waals surface area contributed by atoms with Crippen molar-refractivity contribution >= 4 is 46.3 Å². The molecule has 5 aromatic rings. The number of benzene rings is 3. The number of methoxy groups -OCH3 is 1. The number of unbranched alkanes of at least 4 members (excludes halogenated alkanes) is 3. The SMILES string of the molecule is CCCCCCOC(=O)/N=C(\N)c1ccc(NCc2nc3cc(C(=O)N(CCC(=O)OCc4ccccc4OC)c4ccccn4)ccc3n2C)cc1. The Morgan fingerprint density at radius 3 is 2.45 bits per heavy atom. The second-order valence-corrected chi connectivity index (χ2v) is 12.3. The van der Waals surface area contributed by atoms with E-state index in [1.807, 2.05) is 48.0 Å². The second kappa shape index (κ2) is 18.8. The largest absolute Gasteiger partial charge is 0.496 e. The van der Waals surface area contributed by atoms with Crippen molar-refractivity contribution in [3.63, 3.8) is 0 Å². The smallest absolute Gasteiger partial charge is 0.435 e. The lowest BCUT2D eigenvalue weighted by atomic mass is 10.1. The first-order chi connectivity index (χ1) is 25.8. The minimum atomic E-state index is -0.696. The molecule has 5 rings (SSSR count). The lowest BCUT2D eigenvalue weighted by Gasteiger charge is -2.21. The molecular formula is C40H45N7O6. The van der Waals surface area contributed by atoms with Crippen molar-refractivity contribution in [2.75, 3.05) is 30.5 Å². The molecular weight excluding hydrogens is 674 g/mol. The number of esters is 1. The summed E-state index contributed by atoms with van der Waals surface area (Å²) in [6.07, 6.45) is 4.88. The normalized spacial score (nSPS) is 11.3. The van der Waals surface area contributed by atoms with Crippen LogP contribution >= 0.6 is 0 Å². The van der Waals surface area contributed by atoms with Crippen LogP contribution in [0.5, 0.6) is 5.75 Å². The van der Waals surface area contributed by atoms with E-state index in [0.717, 1.165) is 48.3 Å². The lowest BCUT2D eigenvalue weighted by Crippen LogP contribution is -2.34. The fraction of sp³-hybridized carbons (Fsp3) is 0.300. The number of aromatic nitrogens is 3. The summed E-state index contributed by atoms with van der Waals surface area (Å²) in [5.74, 6) is 1.10. The molecule has 0 spiro atoms. The molecule has 0 radical (unpaired) electrons. The number of para-hydroxylation sites is 1. The third-order valence-electron chi connectivity index (χ3n) is 8.58. The van der Waals surface area contributed by atoms with Gasteiger partial charge in [0.1, 0.15) is 29.8 Å². The van der Waals surface area contributed by atoms with Gasteiger partial charge in [-0.05, 0) is 67.1 Å². The highest BCUT2D eigenvalue weighted by Gasteiger charge is 2.22. The number of carbonyl (C=O) groups is 3. The number of hydrogen-bond donors (Lipinski definition) is 2. The number of nitrogens with two attached hydrogens (primary N) is 1. The number of fused-ring (bicyclic) bond motifs is 1. The van der Waals surface area contributed by atoms with Crippen molar-refractivity contribution in [2.45, 2.75) is 52.2 Å². The third-order valence-corrected chi connectivity index (χ3v) is 8.58. The zero-order chi connectivity index (χ0) is 37.6. The van der Waals surface area contributed by atoms with Crippen LogP contribution in [0.3, 0.4) is 0 Å². The highest BCUT2D eigenvalue weighted by Crippen LogP contribution is 2.22. The van der Waals surface area contributed by atoms with Gasteiger partial charge in [-0.3, -0.25) is 14.5 Å². The van der Waals surface area contributed by atoms with Crippen LogP contribution in [0.1, 0.15) is 66.3 Å². The van der Waals surface area contributed by atoms with Crippen molar-refractivity contribution < 1.29 is 28.6 Å². The molecule has 0 aliphatic rings. The Bertz CT molecular complexity index is 2030. The molecule has 0 unspecified atom stereocenters. The second-order valence-electron chi connectivity index (χ2n) is 12.3.